The molecule has 2 aromatic rings. The Hall–Kier alpha value is -4.33. The van der Waals surface area contributed by atoms with Crippen LogP contribution in [0.5, 0.6) is 0 Å². The van der Waals surface area contributed by atoms with E-state index in [4.69, 9.17) is 9.47 Å². The van der Waals surface area contributed by atoms with E-state index in [2.05, 4.69) is 68.5 Å². The van der Waals surface area contributed by atoms with Crippen LogP contribution < -0.4 is 0 Å². The molecule has 0 amide bonds. The highest BCUT2D eigenvalue weighted by molar-refractivity contribution is 5.92. The lowest BCUT2D eigenvalue weighted by molar-refractivity contribution is -0.136. The van der Waals surface area contributed by atoms with Gasteiger partial charge in [0.15, 0.2) is 28.9 Å². The number of Topliss-reactive ketones (excluding diaryl/α,β-unsaturated/α-hetero) is 1. The number of rotatable bonds is 2. The largest absolute Gasteiger partial charge is 0.344 e. The van der Waals surface area contributed by atoms with Crippen LogP contribution in [0.2, 0.25) is 0 Å². The van der Waals surface area contributed by atoms with Gasteiger partial charge in [-0.2, -0.15) is 0 Å². The van der Waals surface area contributed by atoms with E-state index >= 15 is 0 Å². The Kier molecular flexibility index (Phi) is 16.9. The number of allylic oxidation sites excluding steroid dienone is 7. The van der Waals surface area contributed by atoms with Gasteiger partial charge in [0.1, 0.15) is 5.78 Å². The minimum absolute atomic E-state index is 0.156. The molecule has 5 aliphatic carbocycles. The molecule has 54 heavy (non-hydrogen) atoms. The Morgan fingerprint density at radius 3 is 1.37 bits per heavy atom. The van der Waals surface area contributed by atoms with Crippen molar-refractivity contribution in [2.24, 2.45) is 5.41 Å². The van der Waals surface area contributed by atoms with Gasteiger partial charge in [-0.1, -0.05) is 106 Å². The van der Waals surface area contributed by atoms with E-state index in [-0.39, 0.29) is 34.0 Å². The van der Waals surface area contributed by atoms with Gasteiger partial charge in [0.25, 0.3) is 0 Å². The fraction of sp³-hybridized carbons (Fsp3) is 0.468. The lowest BCUT2D eigenvalue weighted by atomic mass is 9.68. The fourth-order valence-corrected chi connectivity index (χ4v) is 6.98. The zero-order chi connectivity index (χ0) is 38.7. The van der Waals surface area contributed by atoms with Crippen LogP contribution in [0.3, 0.4) is 0 Å². The number of carbonyl (C=O) groups is 5. The van der Waals surface area contributed by atoms with Crippen LogP contribution in [-0.2, 0) is 38.9 Å². The third-order valence-corrected chi connectivity index (χ3v) is 10.4. The normalized spacial score (nSPS) is 21.9. The van der Waals surface area contributed by atoms with Crippen LogP contribution in [0.15, 0.2) is 109 Å². The average Bonchev–Trinajstić information content (AvgIpc) is 3.52. The Balaban J connectivity index is 0.000000160. The minimum atomic E-state index is -0.548. The highest BCUT2D eigenvalue weighted by atomic mass is 16.7. The SMILES string of the molecule is CC1(C)C=CC(=O)CC1.O=C1C=CC(c2ccccc2)(c2ccccc2)CC1.O=C1C=CC2(CC1)OCCO2.O=C1C=CCCC1.O=C1CCCCCC1. The van der Waals surface area contributed by atoms with Gasteiger partial charge in [0.05, 0.1) is 13.2 Å². The topological polar surface area (TPSA) is 104 Å². The van der Waals surface area contributed by atoms with Crippen LogP contribution in [-0.4, -0.2) is 47.9 Å². The number of hydrogen-bond acceptors (Lipinski definition) is 7. The van der Waals surface area contributed by atoms with Crippen LogP contribution >= 0.6 is 0 Å². The Morgan fingerprint density at radius 1 is 0.481 bits per heavy atom. The quantitative estimate of drug-likeness (QED) is 0.283. The molecule has 0 bridgehead atoms. The van der Waals surface area contributed by atoms with Gasteiger partial charge < -0.3 is 9.47 Å². The molecule has 2 fully saturated rings. The molecular formula is C47H58O7. The Morgan fingerprint density at radius 2 is 0.981 bits per heavy atom. The van der Waals surface area contributed by atoms with Crippen molar-refractivity contribution < 1.29 is 33.4 Å². The summed E-state index contributed by atoms with van der Waals surface area (Å²) in [7, 11) is 0. The van der Waals surface area contributed by atoms with Gasteiger partial charge >= 0.3 is 0 Å². The molecule has 0 atom stereocenters. The number of ether oxygens (including phenoxy) is 2. The van der Waals surface area contributed by atoms with Crippen LogP contribution in [0.4, 0.5) is 0 Å². The third-order valence-electron chi connectivity index (χ3n) is 10.4. The second-order valence-corrected chi connectivity index (χ2v) is 15.3. The summed E-state index contributed by atoms with van der Waals surface area (Å²) in [5.41, 5.74) is 2.61. The lowest BCUT2D eigenvalue weighted by Crippen LogP contribution is -2.30. The number of carbonyl (C=O) groups excluding carboxylic acids is 5. The van der Waals surface area contributed by atoms with Crippen LogP contribution in [0, 0.1) is 5.41 Å². The molecule has 1 saturated carbocycles. The summed E-state index contributed by atoms with van der Waals surface area (Å²) in [4.78, 5) is 54.1. The molecule has 0 N–H and O–H groups in total. The van der Waals surface area contributed by atoms with Gasteiger partial charge in [-0.3, -0.25) is 24.0 Å². The summed E-state index contributed by atoms with van der Waals surface area (Å²) in [5, 5.41) is 0. The van der Waals surface area contributed by atoms with Crippen molar-refractivity contribution in [1.82, 2.24) is 0 Å². The van der Waals surface area contributed by atoms with Crippen LogP contribution in [0.1, 0.15) is 121 Å². The molecule has 1 spiro atoms. The zero-order valence-electron chi connectivity index (χ0n) is 32.3. The fourth-order valence-electron chi connectivity index (χ4n) is 6.98. The zero-order valence-corrected chi connectivity index (χ0v) is 32.3. The van der Waals surface area contributed by atoms with Crippen molar-refractivity contribution >= 4 is 28.9 Å². The third kappa shape index (κ3) is 14.1. The number of ketones is 5. The van der Waals surface area contributed by atoms with Crippen molar-refractivity contribution in [3.63, 3.8) is 0 Å². The molecular weight excluding hydrogens is 677 g/mol. The Labute approximate surface area is 322 Å². The average molecular weight is 735 g/mol. The first-order valence-corrected chi connectivity index (χ1v) is 19.8. The molecule has 0 radical (unpaired) electrons. The number of hydrogen-bond donors (Lipinski definition) is 0. The first-order valence-electron chi connectivity index (χ1n) is 19.8. The van der Waals surface area contributed by atoms with Crippen molar-refractivity contribution in [3.8, 4) is 0 Å². The smallest absolute Gasteiger partial charge is 0.188 e. The van der Waals surface area contributed by atoms with Crippen LogP contribution in [0.25, 0.3) is 0 Å². The van der Waals surface area contributed by atoms with E-state index in [9.17, 15) is 24.0 Å². The first kappa shape index (κ1) is 42.4. The van der Waals surface area contributed by atoms with Gasteiger partial charge in [0, 0.05) is 50.4 Å². The number of benzene rings is 2. The molecule has 0 aromatic heterocycles. The summed E-state index contributed by atoms with van der Waals surface area (Å²) >= 11 is 0. The Bertz CT molecular complexity index is 1610. The molecule has 8 rings (SSSR count). The molecule has 0 unspecified atom stereocenters. The van der Waals surface area contributed by atoms with Gasteiger partial charge in [-0.05, 0) is 85.4 Å². The molecule has 7 nitrogen and oxygen atoms in total. The van der Waals surface area contributed by atoms with Gasteiger partial charge in [-0.25, -0.2) is 0 Å². The van der Waals surface area contributed by atoms with Crippen molar-refractivity contribution in [2.75, 3.05) is 13.2 Å². The van der Waals surface area contributed by atoms with Crippen molar-refractivity contribution in [2.45, 2.75) is 121 Å². The molecule has 288 valence electrons. The summed E-state index contributed by atoms with van der Waals surface area (Å²) in [6, 6.07) is 20.9. The van der Waals surface area contributed by atoms with E-state index in [1.807, 2.05) is 24.3 Å². The molecule has 7 heteroatoms. The standard InChI is InChI=1S/C18H16O.C8H10O3.C8H12O.C7H12O.C6H8O/c19-17-11-13-18(14-12-17,15-7-3-1-4-8-15)16-9-5-2-6-10-16;9-7-1-3-8(4-2-7)10-5-6-11-8;1-8(2)5-3-7(9)4-6-8;8-7-5-3-1-2-4-6-7;7-6-4-2-1-3-5-6/h1-11,13H,12,14H2;1,3H,2,4-6H2;3,5H,4,6H2,1-2H3;1-6H2;2,4H,1,3,5H2. The van der Waals surface area contributed by atoms with Gasteiger partial charge in [-0.15, -0.1) is 0 Å². The first-order chi connectivity index (χ1) is 26.0. The monoisotopic (exact) mass is 734 g/mol. The van der Waals surface area contributed by atoms with Crippen molar-refractivity contribution in [1.29, 1.82) is 0 Å². The predicted molar refractivity (Wildman–Crippen MR) is 213 cm³/mol. The summed E-state index contributed by atoms with van der Waals surface area (Å²) < 4.78 is 10.7. The van der Waals surface area contributed by atoms with E-state index in [0.717, 1.165) is 64.2 Å². The highest BCUT2D eigenvalue weighted by Crippen LogP contribution is 2.40. The molecule has 1 saturated heterocycles. The maximum atomic E-state index is 11.5. The molecule has 1 aliphatic heterocycles. The molecule has 2 aromatic carbocycles. The molecule has 1 heterocycles. The summed E-state index contributed by atoms with van der Waals surface area (Å²) in [6.07, 6.45) is 28.2. The lowest BCUT2D eigenvalue weighted by Gasteiger charge is -2.34. The second-order valence-electron chi connectivity index (χ2n) is 15.3. The molecule has 6 aliphatic rings. The maximum Gasteiger partial charge on any atom is 0.188 e. The second kappa shape index (κ2) is 21.5. The van der Waals surface area contributed by atoms with E-state index < -0.39 is 5.79 Å². The van der Waals surface area contributed by atoms with Crippen molar-refractivity contribution in [3.05, 3.63) is 120 Å². The maximum absolute atomic E-state index is 11.5. The predicted octanol–water partition coefficient (Wildman–Crippen LogP) is 9.68. The summed E-state index contributed by atoms with van der Waals surface area (Å²) in [6.45, 7) is 5.57. The highest BCUT2D eigenvalue weighted by Gasteiger charge is 2.36. The van der Waals surface area contributed by atoms with Gasteiger partial charge in [0.2, 0.25) is 0 Å². The minimum Gasteiger partial charge on any atom is -0.344 e. The summed E-state index contributed by atoms with van der Waals surface area (Å²) in [5.74, 6) is 0.869. The van der Waals surface area contributed by atoms with E-state index in [1.54, 1.807) is 30.4 Å². The van der Waals surface area contributed by atoms with E-state index in [1.165, 1.54) is 24.0 Å². The van der Waals surface area contributed by atoms with E-state index in [0.29, 0.717) is 38.3 Å².